The maximum absolute atomic E-state index is 11.4. The zero-order chi connectivity index (χ0) is 10.6. The van der Waals surface area contributed by atoms with Crippen LogP contribution in [-0.4, -0.2) is 29.7 Å². The molecule has 0 bridgehead atoms. The fourth-order valence-corrected chi connectivity index (χ4v) is 4.25. The van der Waals surface area contributed by atoms with Gasteiger partial charge in [0.05, 0.1) is 6.04 Å². The van der Waals surface area contributed by atoms with Gasteiger partial charge in [-0.2, -0.15) is 0 Å². The van der Waals surface area contributed by atoms with Crippen LogP contribution in [0, 0.1) is 17.3 Å². The van der Waals surface area contributed by atoms with Crippen LogP contribution in [0.4, 0.5) is 0 Å². The second kappa shape index (κ2) is 2.83. The Morgan fingerprint density at radius 2 is 2.07 bits per heavy atom. The van der Waals surface area contributed by atoms with Gasteiger partial charge in [0.1, 0.15) is 6.29 Å². The summed E-state index contributed by atoms with van der Waals surface area (Å²) in [5.74, 6) is 1.20. The molecule has 2 saturated carbocycles. The Morgan fingerprint density at radius 1 is 1.40 bits per heavy atom. The topological polar surface area (TPSA) is 37.4 Å². The van der Waals surface area contributed by atoms with Crippen molar-refractivity contribution in [2.75, 3.05) is 6.54 Å². The molecule has 82 valence electrons. The van der Waals surface area contributed by atoms with E-state index in [4.69, 9.17) is 0 Å². The smallest absolute Gasteiger partial charge is 0.220 e. The Labute approximate surface area is 89.8 Å². The summed E-state index contributed by atoms with van der Waals surface area (Å²) in [6, 6.07) is -0.106. The average Bonchev–Trinajstić information content (AvgIpc) is 2.59. The largest absolute Gasteiger partial charge is 0.333 e. The summed E-state index contributed by atoms with van der Waals surface area (Å²) < 4.78 is 0. The number of nitrogens with zero attached hydrogens (tertiary/aromatic N) is 1. The number of rotatable bonds is 1. The molecule has 1 spiro atoms. The van der Waals surface area contributed by atoms with Crippen LogP contribution in [0.3, 0.4) is 0 Å². The van der Waals surface area contributed by atoms with Crippen molar-refractivity contribution in [1.29, 1.82) is 0 Å². The number of amides is 1. The number of fused-ring (bicyclic) bond motifs is 3. The van der Waals surface area contributed by atoms with Crippen molar-refractivity contribution < 1.29 is 9.59 Å². The maximum Gasteiger partial charge on any atom is 0.220 e. The van der Waals surface area contributed by atoms with Gasteiger partial charge in [-0.25, -0.2) is 0 Å². The van der Waals surface area contributed by atoms with Gasteiger partial charge in [0, 0.05) is 13.5 Å². The quantitative estimate of drug-likeness (QED) is 0.606. The molecule has 0 unspecified atom stereocenters. The van der Waals surface area contributed by atoms with Crippen LogP contribution in [0.2, 0.25) is 0 Å². The molecule has 1 amide bonds. The van der Waals surface area contributed by atoms with E-state index in [1.807, 2.05) is 0 Å². The van der Waals surface area contributed by atoms with E-state index in [0.717, 1.165) is 12.8 Å². The van der Waals surface area contributed by atoms with Crippen molar-refractivity contribution in [2.45, 2.75) is 38.6 Å². The number of likely N-dealkylation sites (tertiary alicyclic amines) is 1. The Hall–Kier alpha value is -0.860. The maximum atomic E-state index is 11.4. The normalized spacial score (nSPS) is 40.6. The highest BCUT2D eigenvalue weighted by Gasteiger charge is 2.72. The van der Waals surface area contributed by atoms with Crippen molar-refractivity contribution in [3.63, 3.8) is 0 Å². The van der Waals surface area contributed by atoms with Gasteiger partial charge >= 0.3 is 0 Å². The molecule has 0 aromatic rings. The Morgan fingerprint density at radius 3 is 2.60 bits per heavy atom. The number of hydrogen-bond donors (Lipinski definition) is 0. The van der Waals surface area contributed by atoms with Gasteiger partial charge < -0.3 is 9.69 Å². The van der Waals surface area contributed by atoms with Gasteiger partial charge in [0.15, 0.2) is 0 Å². The molecular formula is C12H17NO2. The third kappa shape index (κ3) is 1.01. The lowest BCUT2D eigenvalue weighted by molar-refractivity contribution is -0.134. The first-order chi connectivity index (χ1) is 7.20. The lowest BCUT2D eigenvalue weighted by Gasteiger charge is -2.27. The minimum Gasteiger partial charge on any atom is -0.333 e. The molecule has 3 rings (SSSR count). The minimum absolute atomic E-state index is 0.0625. The zero-order valence-electron chi connectivity index (χ0n) is 9.11. The fourth-order valence-electron chi connectivity index (χ4n) is 4.25. The second-order valence-corrected chi connectivity index (χ2v) is 5.37. The van der Waals surface area contributed by atoms with Gasteiger partial charge in [0.25, 0.3) is 0 Å². The number of aldehydes is 1. The fraction of sp³-hybridized carbons (Fsp3) is 0.833. The first-order valence-electron chi connectivity index (χ1n) is 5.93. The molecule has 3 heteroatoms. The van der Waals surface area contributed by atoms with E-state index >= 15 is 0 Å². The van der Waals surface area contributed by atoms with Crippen LogP contribution in [-0.2, 0) is 9.59 Å². The second-order valence-electron chi connectivity index (χ2n) is 5.37. The van der Waals surface area contributed by atoms with E-state index in [-0.39, 0.29) is 11.9 Å². The predicted molar refractivity (Wildman–Crippen MR) is 55.1 cm³/mol. The highest BCUT2D eigenvalue weighted by atomic mass is 16.2. The van der Waals surface area contributed by atoms with Crippen molar-refractivity contribution >= 4 is 12.2 Å². The lowest BCUT2D eigenvalue weighted by atomic mass is 9.95. The van der Waals surface area contributed by atoms with E-state index in [0.29, 0.717) is 17.3 Å². The first-order valence-corrected chi connectivity index (χ1v) is 5.93. The third-order valence-electron chi connectivity index (χ3n) is 4.93. The molecular weight excluding hydrogens is 190 g/mol. The van der Waals surface area contributed by atoms with Gasteiger partial charge in [0.2, 0.25) is 5.91 Å². The van der Waals surface area contributed by atoms with E-state index < -0.39 is 0 Å². The molecule has 0 aromatic carbocycles. The molecule has 2 aliphatic carbocycles. The van der Waals surface area contributed by atoms with E-state index in [1.165, 1.54) is 25.7 Å². The molecule has 3 nitrogen and oxygen atoms in total. The Kier molecular flexibility index (Phi) is 1.77. The molecule has 3 aliphatic rings. The number of carbonyl (C=O) groups is 2. The van der Waals surface area contributed by atoms with Gasteiger partial charge in [-0.05, 0) is 30.1 Å². The molecule has 1 aliphatic heterocycles. The lowest BCUT2D eigenvalue weighted by Crippen LogP contribution is -2.40. The third-order valence-corrected chi connectivity index (χ3v) is 4.93. The standard InChI is InChI=1S/C12H17NO2/c1-8(15)13-6-9-11(10(13)7-14)12(9)4-2-3-5-12/h7,9-11H,2-6H2,1H3/t9-,10+,11-/m0/s1. The summed E-state index contributed by atoms with van der Waals surface area (Å²) in [6.07, 6.45) is 6.22. The summed E-state index contributed by atoms with van der Waals surface area (Å²) in [7, 11) is 0. The summed E-state index contributed by atoms with van der Waals surface area (Å²) in [4.78, 5) is 24.2. The van der Waals surface area contributed by atoms with E-state index in [9.17, 15) is 9.59 Å². The Balaban J connectivity index is 1.82. The van der Waals surface area contributed by atoms with Crippen LogP contribution >= 0.6 is 0 Å². The zero-order valence-corrected chi connectivity index (χ0v) is 9.11. The molecule has 15 heavy (non-hydrogen) atoms. The van der Waals surface area contributed by atoms with Crippen LogP contribution in [0.5, 0.6) is 0 Å². The van der Waals surface area contributed by atoms with Crippen molar-refractivity contribution in [1.82, 2.24) is 4.90 Å². The number of piperidine rings is 1. The van der Waals surface area contributed by atoms with E-state index in [1.54, 1.807) is 11.8 Å². The summed E-state index contributed by atoms with van der Waals surface area (Å²) in [6.45, 7) is 2.41. The number of carbonyl (C=O) groups excluding carboxylic acids is 2. The van der Waals surface area contributed by atoms with Crippen LogP contribution in [0.25, 0.3) is 0 Å². The van der Waals surface area contributed by atoms with Crippen LogP contribution in [0.15, 0.2) is 0 Å². The van der Waals surface area contributed by atoms with Gasteiger partial charge in [-0.3, -0.25) is 4.79 Å². The van der Waals surface area contributed by atoms with Crippen molar-refractivity contribution in [2.24, 2.45) is 17.3 Å². The van der Waals surface area contributed by atoms with Gasteiger partial charge in [-0.15, -0.1) is 0 Å². The SMILES string of the molecule is CC(=O)N1C[C@H]2[C@@H]([C@H]1C=O)C21CCCC1. The molecule has 3 fully saturated rings. The molecule has 0 aromatic heterocycles. The minimum atomic E-state index is -0.106. The Bertz CT molecular complexity index is 320. The summed E-state index contributed by atoms with van der Waals surface area (Å²) >= 11 is 0. The highest BCUT2D eigenvalue weighted by molar-refractivity contribution is 5.79. The highest BCUT2D eigenvalue weighted by Crippen LogP contribution is 2.71. The number of hydrogen-bond acceptors (Lipinski definition) is 2. The van der Waals surface area contributed by atoms with Crippen LogP contribution in [0.1, 0.15) is 32.6 Å². The molecule has 1 saturated heterocycles. The summed E-state index contributed by atoms with van der Waals surface area (Å²) in [5.41, 5.74) is 0.470. The monoisotopic (exact) mass is 207 g/mol. The van der Waals surface area contributed by atoms with Crippen molar-refractivity contribution in [3.8, 4) is 0 Å². The first kappa shape index (κ1) is 9.37. The van der Waals surface area contributed by atoms with Crippen molar-refractivity contribution in [3.05, 3.63) is 0 Å². The molecule has 0 N–H and O–H groups in total. The summed E-state index contributed by atoms with van der Waals surface area (Å²) in [5, 5.41) is 0. The molecule has 3 atom stereocenters. The van der Waals surface area contributed by atoms with E-state index in [2.05, 4.69) is 0 Å². The predicted octanol–water partition coefficient (Wildman–Crippen LogP) is 1.22. The van der Waals surface area contributed by atoms with Crippen LogP contribution < -0.4 is 0 Å². The molecule has 1 heterocycles. The molecule has 0 radical (unpaired) electrons. The average molecular weight is 207 g/mol. The van der Waals surface area contributed by atoms with Gasteiger partial charge in [-0.1, -0.05) is 12.8 Å².